The predicted octanol–water partition coefficient (Wildman–Crippen LogP) is 5.70. The van der Waals surface area contributed by atoms with Crippen LogP contribution in [-0.2, 0) is 0 Å². The highest BCUT2D eigenvalue weighted by atomic mass is 16.1. The quantitative estimate of drug-likeness (QED) is 0.359. The maximum Gasteiger partial charge on any atom is 0.255 e. The number of amides is 1. The molecule has 4 aromatic rings. The average Bonchev–Trinajstić information content (AvgIpc) is 2.81. The van der Waals surface area contributed by atoms with Gasteiger partial charge < -0.3 is 16.0 Å². The van der Waals surface area contributed by atoms with Crippen LogP contribution in [0.2, 0.25) is 0 Å². The number of aryl methyl sites for hydroxylation is 2. The van der Waals surface area contributed by atoms with Crippen LogP contribution in [-0.4, -0.2) is 15.9 Å². The van der Waals surface area contributed by atoms with Crippen molar-refractivity contribution in [1.82, 2.24) is 9.97 Å². The number of nitrogens with zero attached hydrogens (tertiary/aromatic N) is 3. The molecule has 0 radical (unpaired) electrons. The van der Waals surface area contributed by atoms with E-state index in [9.17, 15) is 4.79 Å². The number of hydrogen-bond donors (Lipinski definition) is 3. The maximum absolute atomic E-state index is 12.4. The molecular formula is C26H22N6O. The number of hydrogen-bond acceptors (Lipinski definition) is 6. The van der Waals surface area contributed by atoms with Crippen LogP contribution in [0.1, 0.15) is 27.2 Å². The topological polar surface area (TPSA) is 103 Å². The first-order valence-electron chi connectivity index (χ1n) is 10.4. The van der Waals surface area contributed by atoms with Crippen molar-refractivity contribution in [3.8, 4) is 6.07 Å². The molecule has 33 heavy (non-hydrogen) atoms. The van der Waals surface area contributed by atoms with Crippen molar-refractivity contribution in [2.24, 2.45) is 0 Å². The second kappa shape index (κ2) is 9.62. The first kappa shape index (κ1) is 21.5. The molecule has 0 bridgehead atoms. The molecule has 7 heteroatoms. The Morgan fingerprint density at radius 1 is 0.818 bits per heavy atom. The molecule has 0 unspecified atom stereocenters. The lowest BCUT2D eigenvalue weighted by Crippen LogP contribution is -2.11. The molecule has 0 atom stereocenters. The summed E-state index contributed by atoms with van der Waals surface area (Å²) in [5.41, 5.74) is 5.26. The van der Waals surface area contributed by atoms with Crippen molar-refractivity contribution in [1.29, 1.82) is 5.26 Å². The molecule has 0 spiro atoms. The Labute approximate surface area is 192 Å². The fourth-order valence-corrected chi connectivity index (χ4v) is 3.17. The van der Waals surface area contributed by atoms with Crippen molar-refractivity contribution in [2.45, 2.75) is 13.8 Å². The Morgan fingerprint density at radius 3 is 2.21 bits per heavy atom. The first-order chi connectivity index (χ1) is 16.0. The van der Waals surface area contributed by atoms with Gasteiger partial charge in [-0.2, -0.15) is 10.2 Å². The molecule has 7 nitrogen and oxygen atoms in total. The lowest BCUT2D eigenvalue weighted by molar-refractivity contribution is 0.102. The van der Waals surface area contributed by atoms with E-state index in [0.29, 0.717) is 28.6 Å². The van der Waals surface area contributed by atoms with Gasteiger partial charge in [0.1, 0.15) is 5.82 Å². The van der Waals surface area contributed by atoms with Crippen LogP contribution in [0, 0.1) is 25.2 Å². The van der Waals surface area contributed by atoms with Crippen LogP contribution in [0.3, 0.4) is 0 Å². The van der Waals surface area contributed by atoms with E-state index in [-0.39, 0.29) is 5.91 Å². The summed E-state index contributed by atoms with van der Waals surface area (Å²) >= 11 is 0. The zero-order valence-electron chi connectivity index (χ0n) is 18.3. The fraction of sp³-hybridized carbons (Fsp3) is 0.0769. The third-order valence-electron chi connectivity index (χ3n) is 4.83. The molecular weight excluding hydrogens is 412 g/mol. The molecule has 3 N–H and O–H groups in total. The molecule has 0 aliphatic carbocycles. The Kier molecular flexibility index (Phi) is 6.28. The van der Waals surface area contributed by atoms with E-state index < -0.39 is 0 Å². The van der Waals surface area contributed by atoms with E-state index in [0.717, 1.165) is 17.1 Å². The Hall–Kier alpha value is -4.70. The summed E-state index contributed by atoms with van der Waals surface area (Å²) < 4.78 is 0. The molecule has 0 aliphatic heterocycles. The fourth-order valence-electron chi connectivity index (χ4n) is 3.17. The molecule has 0 fully saturated rings. The van der Waals surface area contributed by atoms with Crippen molar-refractivity contribution in [2.75, 3.05) is 16.0 Å². The monoisotopic (exact) mass is 434 g/mol. The van der Waals surface area contributed by atoms with Gasteiger partial charge >= 0.3 is 0 Å². The van der Waals surface area contributed by atoms with Gasteiger partial charge in [-0.3, -0.25) is 4.79 Å². The predicted molar refractivity (Wildman–Crippen MR) is 130 cm³/mol. The minimum Gasteiger partial charge on any atom is -0.340 e. The van der Waals surface area contributed by atoms with Gasteiger partial charge in [-0.15, -0.1) is 0 Å². The number of nitrogens with one attached hydrogen (secondary N) is 3. The molecule has 1 aromatic heterocycles. The van der Waals surface area contributed by atoms with Crippen molar-refractivity contribution >= 4 is 34.7 Å². The summed E-state index contributed by atoms with van der Waals surface area (Å²) in [6, 6.07) is 25.8. The Balaban J connectivity index is 1.43. The number of carbonyl (C=O) groups excluding carboxylic acids is 1. The third kappa shape index (κ3) is 5.71. The molecule has 0 aliphatic rings. The summed E-state index contributed by atoms with van der Waals surface area (Å²) in [6.45, 7) is 3.95. The lowest BCUT2D eigenvalue weighted by atomic mass is 10.1. The van der Waals surface area contributed by atoms with Gasteiger partial charge in [0, 0.05) is 34.4 Å². The highest BCUT2D eigenvalue weighted by Crippen LogP contribution is 2.21. The van der Waals surface area contributed by atoms with Gasteiger partial charge in [0.15, 0.2) is 0 Å². The zero-order chi connectivity index (χ0) is 23.2. The molecule has 3 aromatic carbocycles. The van der Waals surface area contributed by atoms with Gasteiger partial charge in [0.05, 0.1) is 11.6 Å². The standard InChI is InChI=1S/C26H22N6O/c1-17-6-8-23(9-7-17)31-26-28-18(2)14-24(32-26)29-21-10-12-22(13-11-21)30-25(33)20-5-3-4-19(15-20)16-27/h3-15H,1-2H3,(H,30,33)(H2,28,29,31,32). The summed E-state index contributed by atoms with van der Waals surface area (Å²) in [4.78, 5) is 21.4. The number of anilines is 5. The number of carbonyl (C=O) groups is 1. The minimum absolute atomic E-state index is 0.272. The van der Waals surface area contributed by atoms with Gasteiger partial charge in [-0.1, -0.05) is 23.8 Å². The second-order valence-corrected chi connectivity index (χ2v) is 7.56. The normalized spacial score (nSPS) is 10.2. The van der Waals surface area contributed by atoms with Crippen LogP contribution in [0.15, 0.2) is 78.9 Å². The number of nitriles is 1. The molecule has 1 amide bonds. The first-order valence-corrected chi connectivity index (χ1v) is 10.4. The Morgan fingerprint density at radius 2 is 1.48 bits per heavy atom. The summed E-state index contributed by atoms with van der Waals surface area (Å²) in [7, 11) is 0. The van der Waals surface area contributed by atoms with Crippen LogP contribution in [0.25, 0.3) is 0 Å². The van der Waals surface area contributed by atoms with Gasteiger partial charge in [-0.05, 0) is 68.4 Å². The summed E-state index contributed by atoms with van der Waals surface area (Å²) in [5, 5.41) is 18.3. The van der Waals surface area contributed by atoms with E-state index in [2.05, 4.69) is 25.9 Å². The molecule has 4 rings (SSSR count). The van der Waals surface area contributed by atoms with E-state index in [4.69, 9.17) is 5.26 Å². The zero-order valence-corrected chi connectivity index (χ0v) is 18.3. The van der Waals surface area contributed by atoms with Crippen molar-refractivity contribution < 1.29 is 4.79 Å². The number of rotatable bonds is 6. The highest BCUT2D eigenvalue weighted by molar-refractivity contribution is 6.04. The van der Waals surface area contributed by atoms with Crippen molar-refractivity contribution in [3.05, 3.63) is 101 Å². The van der Waals surface area contributed by atoms with E-state index in [1.165, 1.54) is 5.56 Å². The van der Waals surface area contributed by atoms with Gasteiger partial charge in [0.2, 0.25) is 5.95 Å². The molecule has 162 valence electrons. The van der Waals surface area contributed by atoms with Crippen LogP contribution < -0.4 is 16.0 Å². The maximum atomic E-state index is 12.4. The van der Waals surface area contributed by atoms with Gasteiger partial charge in [0.25, 0.3) is 5.91 Å². The third-order valence-corrected chi connectivity index (χ3v) is 4.83. The summed E-state index contributed by atoms with van der Waals surface area (Å²) in [5.74, 6) is 0.887. The number of benzene rings is 3. The SMILES string of the molecule is Cc1ccc(Nc2nc(C)cc(Nc3ccc(NC(=O)c4cccc(C#N)c4)cc3)n2)cc1. The molecule has 0 saturated carbocycles. The van der Waals surface area contributed by atoms with Gasteiger partial charge in [-0.25, -0.2) is 4.98 Å². The van der Waals surface area contributed by atoms with Crippen LogP contribution >= 0.6 is 0 Å². The largest absolute Gasteiger partial charge is 0.340 e. The van der Waals surface area contributed by atoms with E-state index in [1.54, 1.807) is 36.4 Å². The Bertz CT molecular complexity index is 1320. The molecule has 0 saturated heterocycles. The van der Waals surface area contributed by atoms with Crippen LogP contribution in [0.4, 0.5) is 28.8 Å². The second-order valence-electron chi connectivity index (χ2n) is 7.56. The lowest BCUT2D eigenvalue weighted by Gasteiger charge is -2.11. The highest BCUT2D eigenvalue weighted by Gasteiger charge is 2.08. The van der Waals surface area contributed by atoms with E-state index in [1.807, 2.05) is 62.4 Å². The smallest absolute Gasteiger partial charge is 0.255 e. The van der Waals surface area contributed by atoms with Crippen LogP contribution in [0.5, 0.6) is 0 Å². The molecule has 1 heterocycles. The summed E-state index contributed by atoms with van der Waals surface area (Å²) in [6.07, 6.45) is 0. The average molecular weight is 435 g/mol. The number of aromatic nitrogens is 2. The minimum atomic E-state index is -0.272. The van der Waals surface area contributed by atoms with Crippen molar-refractivity contribution in [3.63, 3.8) is 0 Å². The van der Waals surface area contributed by atoms with E-state index >= 15 is 0 Å².